The third kappa shape index (κ3) is 1.73. The Morgan fingerprint density at radius 1 is 1.71 bits per heavy atom. The molecule has 0 aromatic carbocycles. The van der Waals surface area contributed by atoms with Gasteiger partial charge >= 0.3 is 5.97 Å². The largest absolute Gasteiger partial charge is 0.465 e. The zero-order valence-corrected chi connectivity index (χ0v) is 8.63. The van der Waals surface area contributed by atoms with Gasteiger partial charge in [-0.3, -0.25) is 4.68 Å². The maximum Gasteiger partial charge on any atom is 0.341 e. The number of fused-ring (bicyclic) bond motifs is 1. The van der Waals surface area contributed by atoms with Crippen LogP contribution in [0.3, 0.4) is 0 Å². The summed E-state index contributed by atoms with van der Waals surface area (Å²) in [4.78, 5) is 11.2. The highest BCUT2D eigenvalue weighted by molar-refractivity contribution is 5.90. The second kappa shape index (κ2) is 4.43. The number of nitrogens with one attached hydrogen (secondary N) is 1. The van der Waals surface area contributed by atoms with Crippen molar-refractivity contribution in [2.45, 2.75) is 13.1 Å². The molecular formula is C8H12ClN3O2. The Kier molecular flexibility index (Phi) is 3.49. The van der Waals surface area contributed by atoms with Gasteiger partial charge in [-0.15, -0.1) is 12.4 Å². The number of esters is 1. The number of aromatic nitrogens is 2. The van der Waals surface area contributed by atoms with E-state index in [1.165, 1.54) is 7.11 Å². The topological polar surface area (TPSA) is 56.1 Å². The fourth-order valence-corrected chi connectivity index (χ4v) is 1.46. The molecule has 0 atom stereocenters. The van der Waals surface area contributed by atoms with Gasteiger partial charge in [-0.2, -0.15) is 5.10 Å². The molecule has 0 unspecified atom stereocenters. The van der Waals surface area contributed by atoms with Crippen LogP contribution in [0.5, 0.6) is 0 Å². The summed E-state index contributed by atoms with van der Waals surface area (Å²) in [6.45, 7) is 2.39. The maximum absolute atomic E-state index is 11.2. The molecule has 0 spiro atoms. The second-order valence-electron chi connectivity index (χ2n) is 2.90. The van der Waals surface area contributed by atoms with E-state index in [1.807, 2.05) is 4.68 Å². The molecule has 0 saturated heterocycles. The summed E-state index contributed by atoms with van der Waals surface area (Å²) >= 11 is 0. The van der Waals surface area contributed by atoms with E-state index in [2.05, 4.69) is 15.2 Å². The standard InChI is InChI=1S/C8H11N3O2.ClH/c1-13-8(12)6-4-10-11-3-2-9-5-7(6)11;/h4,9H,2-3,5H2,1H3;1H. The number of methoxy groups -OCH3 is 1. The van der Waals surface area contributed by atoms with E-state index in [-0.39, 0.29) is 18.4 Å². The van der Waals surface area contributed by atoms with Crippen molar-refractivity contribution in [1.29, 1.82) is 0 Å². The lowest BCUT2D eigenvalue weighted by Gasteiger charge is -2.15. The normalized spacial score (nSPS) is 14.1. The van der Waals surface area contributed by atoms with Crippen molar-refractivity contribution in [1.82, 2.24) is 15.1 Å². The minimum atomic E-state index is -0.315. The van der Waals surface area contributed by atoms with Crippen LogP contribution in [0.15, 0.2) is 6.20 Å². The lowest BCUT2D eigenvalue weighted by molar-refractivity contribution is 0.0599. The first-order valence-electron chi connectivity index (χ1n) is 4.16. The first-order chi connectivity index (χ1) is 6.33. The second-order valence-corrected chi connectivity index (χ2v) is 2.90. The molecule has 1 aromatic heterocycles. The minimum absolute atomic E-state index is 0. The van der Waals surface area contributed by atoms with E-state index >= 15 is 0 Å². The van der Waals surface area contributed by atoms with Crippen LogP contribution in [0.25, 0.3) is 0 Å². The van der Waals surface area contributed by atoms with Crippen LogP contribution < -0.4 is 5.32 Å². The van der Waals surface area contributed by atoms with Crippen LogP contribution in [0.1, 0.15) is 16.1 Å². The summed E-state index contributed by atoms with van der Waals surface area (Å²) in [6.07, 6.45) is 1.56. The van der Waals surface area contributed by atoms with Gasteiger partial charge in [-0.25, -0.2) is 4.79 Å². The van der Waals surface area contributed by atoms with Crippen molar-refractivity contribution >= 4 is 18.4 Å². The summed E-state index contributed by atoms with van der Waals surface area (Å²) < 4.78 is 6.48. The van der Waals surface area contributed by atoms with Gasteiger partial charge < -0.3 is 10.1 Å². The molecule has 0 fully saturated rings. The lowest BCUT2D eigenvalue weighted by Crippen LogP contribution is -2.29. The predicted octanol–water partition coefficient (Wildman–Crippen LogP) is 0.195. The first kappa shape index (κ1) is 11.0. The molecule has 0 amide bonds. The van der Waals surface area contributed by atoms with Crippen molar-refractivity contribution in [3.8, 4) is 0 Å². The van der Waals surface area contributed by atoms with Crippen molar-refractivity contribution < 1.29 is 9.53 Å². The summed E-state index contributed by atoms with van der Waals surface area (Å²) in [5, 5.41) is 7.28. The van der Waals surface area contributed by atoms with E-state index < -0.39 is 0 Å². The summed E-state index contributed by atoms with van der Waals surface area (Å²) in [6, 6.07) is 0. The van der Waals surface area contributed by atoms with Crippen molar-refractivity contribution in [2.75, 3.05) is 13.7 Å². The quantitative estimate of drug-likeness (QED) is 0.683. The zero-order chi connectivity index (χ0) is 9.26. The van der Waals surface area contributed by atoms with Gasteiger partial charge in [-0.05, 0) is 0 Å². The van der Waals surface area contributed by atoms with Gasteiger partial charge in [0.2, 0.25) is 0 Å². The third-order valence-corrected chi connectivity index (χ3v) is 2.15. The predicted molar refractivity (Wildman–Crippen MR) is 52.5 cm³/mol. The Labute approximate surface area is 87.8 Å². The molecule has 2 rings (SSSR count). The highest BCUT2D eigenvalue weighted by atomic mass is 35.5. The highest BCUT2D eigenvalue weighted by Gasteiger charge is 2.19. The molecule has 5 nitrogen and oxygen atoms in total. The van der Waals surface area contributed by atoms with E-state index in [9.17, 15) is 4.79 Å². The molecule has 6 heteroatoms. The number of hydrogen-bond acceptors (Lipinski definition) is 4. The molecule has 14 heavy (non-hydrogen) atoms. The average molecular weight is 218 g/mol. The van der Waals surface area contributed by atoms with Crippen molar-refractivity contribution in [3.05, 3.63) is 17.5 Å². The molecule has 1 N–H and O–H groups in total. The SMILES string of the molecule is COC(=O)c1cnn2c1CNCC2.Cl. The monoisotopic (exact) mass is 217 g/mol. The van der Waals surface area contributed by atoms with Gasteiger partial charge in [0.1, 0.15) is 5.56 Å². The number of carbonyl (C=O) groups is 1. The number of rotatable bonds is 1. The van der Waals surface area contributed by atoms with Crippen LogP contribution >= 0.6 is 12.4 Å². The molecular weight excluding hydrogens is 206 g/mol. The number of nitrogens with zero attached hydrogens (tertiary/aromatic N) is 2. The molecule has 0 aliphatic carbocycles. The van der Waals surface area contributed by atoms with E-state index in [4.69, 9.17) is 0 Å². The number of carbonyl (C=O) groups excluding carboxylic acids is 1. The van der Waals surface area contributed by atoms with E-state index in [1.54, 1.807) is 6.20 Å². The minimum Gasteiger partial charge on any atom is -0.465 e. The molecule has 2 heterocycles. The van der Waals surface area contributed by atoms with Gasteiger partial charge in [0.15, 0.2) is 0 Å². The Morgan fingerprint density at radius 3 is 3.21 bits per heavy atom. The lowest BCUT2D eigenvalue weighted by atomic mass is 10.2. The van der Waals surface area contributed by atoms with Crippen LogP contribution in [-0.4, -0.2) is 29.4 Å². The molecule has 1 aliphatic rings. The summed E-state index contributed by atoms with van der Waals surface area (Å²) in [7, 11) is 1.38. The smallest absolute Gasteiger partial charge is 0.341 e. The summed E-state index contributed by atoms with van der Waals surface area (Å²) in [5.41, 5.74) is 1.48. The van der Waals surface area contributed by atoms with Crippen LogP contribution in [0.4, 0.5) is 0 Å². The van der Waals surface area contributed by atoms with Crippen LogP contribution in [0, 0.1) is 0 Å². The fraction of sp³-hybridized carbons (Fsp3) is 0.500. The zero-order valence-electron chi connectivity index (χ0n) is 7.82. The number of ether oxygens (including phenoxy) is 1. The van der Waals surface area contributed by atoms with Gasteiger partial charge in [0.25, 0.3) is 0 Å². The molecule has 1 aromatic rings. The van der Waals surface area contributed by atoms with Gasteiger partial charge in [-0.1, -0.05) is 0 Å². The van der Waals surface area contributed by atoms with Crippen LogP contribution in [-0.2, 0) is 17.8 Å². The molecule has 0 bridgehead atoms. The van der Waals surface area contributed by atoms with Crippen molar-refractivity contribution in [3.63, 3.8) is 0 Å². The Hall–Kier alpha value is -1.07. The molecule has 0 radical (unpaired) electrons. The molecule has 0 saturated carbocycles. The number of halogens is 1. The maximum atomic E-state index is 11.2. The first-order valence-corrected chi connectivity index (χ1v) is 4.16. The van der Waals surface area contributed by atoms with Crippen molar-refractivity contribution in [2.24, 2.45) is 0 Å². The van der Waals surface area contributed by atoms with Crippen LogP contribution in [0.2, 0.25) is 0 Å². The Morgan fingerprint density at radius 2 is 2.50 bits per heavy atom. The number of hydrogen-bond donors (Lipinski definition) is 1. The highest BCUT2D eigenvalue weighted by Crippen LogP contribution is 2.11. The summed E-state index contributed by atoms with van der Waals surface area (Å²) in [5.74, 6) is -0.315. The fourth-order valence-electron chi connectivity index (χ4n) is 1.46. The average Bonchev–Trinajstić information content (AvgIpc) is 2.60. The van der Waals surface area contributed by atoms with Gasteiger partial charge in [0, 0.05) is 13.1 Å². The molecule has 78 valence electrons. The van der Waals surface area contributed by atoms with E-state index in [0.717, 1.165) is 18.8 Å². The van der Waals surface area contributed by atoms with E-state index in [0.29, 0.717) is 12.1 Å². The Balaban J connectivity index is 0.000000980. The van der Waals surface area contributed by atoms with Gasteiger partial charge in [0.05, 0.1) is 25.5 Å². The Bertz CT molecular complexity index is 337. The molecule has 1 aliphatic heterocycles. The third-order valence-electron chi connectivity index (χ3n) is 2.15.